The van der Waals surface area contributed by atoms with Crippen molar-refractivity contribution in [2.24, 2.45) is 5.92 Å². The van der Waals surface area contributed by atoms with Crippen LogP contribution in [0.5, 0.6) is 5.75 Å². The van der Waals surface area contributed by atoms with Gasteiger partial charge in [0.05, 0.1) is 24.5 Å². The first kappa shape index (κ1) is 18.8. The van der Waals surface area contributed by atoms with E-state index in [-0.39, 0.29) is 5.75 Å². The first-order valence-corrected chi connectivity index (χ1v) is 9.47. The normalized spacial score (nSPS) is 12.3. The van der Waals surface area contributed by atoms with Gasteiger partial charge < -0.3 is 10.1 Å². The summed E-state index contributed by atoms with van der Waals surface area (Å²) in [5.41, 5.74) is 2.01. The summed E-state index contributed by atoms with van der Waals surface area (Å²) in [6, 6.07) is 14.0. The maximum absolute atomic E-state index is 12.3. The first-order valence-electron chi connectivity index (χ1n) is 7.82. The van der Waals surface area contributed by atoms with Crippen molar-refractivity contribution in [2.75, 3.05) is 22.9 Å². The third kappa shape index (κ3) is 5.49. The van der Waals surface area contributed by atoms with Gasteiger partial charge in [0.1, 0.15) is 5.75 Å². The van der Waals surface area contributed by atoms with Gasteiger partial charge >= 0.3 is 0 Å². The van der Waals surface area contributed by atoms with Gasteiger partial charge in [-0.15, -0.1) is 0 Å². The Morgan fingerprint density at radius 2 is 1.76 bits per heavy atom. The number of carbonyl (C=O) groups excluding carboxylic acids is 1. The van der Waals surface area contributed by atoms with E-state index in [4.69, 9.17) is 4.74 Å². The predicted octanol–water partition coefficient (Wildman–Crippen LogP) is 3.02. The topological polar surface area (TPSA) is 84.5 Å². The number of hydrogen-bond acceptors (Lipinski definition) is 4. The van der Waals surface area contributed by atoms with Crippen LogP contribution in [0.15, 0.2) is 48.5 Å². The largest absolute Gasteiger partial charge is 0.495 e. The summed E-state index contributed by atoms with van der Waals surface area (Å²) in [6.07, 6.45) is 0. The van der Waals surface area contributed by atoms with Gasteiger partial charge in [-0.3, -0.25) is 9.52 Å². The van der Waals surface area contributed by atoms with Crippen LogP contribution in [0.4, 0.5) is 11.4 Å². The fourth-order valence-electron chi connectivity index (χ4n) is 2.25. The molecule has 0 aliphatic rings. The van der Waals surface area contributed by atoms with Crippen molar-refractivity contribution in [2.45, 2.75) is 13.8 Å². The molecule has 0 heterocycles. The number of carbonyl (C=O) groups is 1. The molecule has 0 radical (unpaired) electrons. The molecule has 7 heteroatoms. The molecule has 2 aromatic carbocycles. The Morgan fingerprint density at radius 1 is 1.12 bits per heavy atom. The molecule has 0 saturated heterocycles. The number of ether oxygens (including phenoxy) is 1. The highest BCUT2D eigenvalue weighted by atomic mass is 32.2. The first-order chi connectivity index (χ1) is 11.8. The van der Waals surface area contributed by atoms with Gasteiger partial charge in [0.15, 0.2) is 0 Å². The minimum Gasteiger partial charge on any atom is -0.495 e. The molecule has 2 aromatic rings. The summed E-state index contributed by atoms with van der Waals surface area (Å²) in [5.74, 6) is -0.919. The second kappa shape index (κ2) is 8.02. The van der Waals surface area contributed by atoms with Crippen molar-refractivity contribution in [3.05, 3.63) is 54.1 Å². The molecule has 1 atom stereocenters. The number of benzene rings is 2. The summed E-state index contributed by atoms with van der Waals surface area (Å²) >= 11 is 0. The van der Waals surface area contributed by atoms with Crippen molar-refractivity contribution in [3.8, 4) is 5.75 Å². The Morgan fingerprint density at radius 3 is 2.40 bits per heavy atom. The number of anilines is 2. The summed E-state index contributed by atoms with van der Waals surface area (Å²) in [6.45, 7) is 3.49. The van der Waals surface area contributed by atoms with E-state index < -0.39 is 21.8 Å². The fraction of sp³-hybridized carbons (Fsp3) is 0.278. The van der Waals surface area contributed by atoms with Gasteiger partial charge in [-0.2, -0.15) is 0 Å². The van der Waals surface area contributed by atoms with Crippen LogP contribution in [-0.4, -0.2) is 27.2 Å². The van der Waals surface area contributed by atoms with E-state index in [1.54, 1.807) is 43.3 Å². The van der Waals surface area contributed by atoms with E-state index in [1.165, 1.54) is 7.11 Å². The number of para-hydroxylation sites is 2. The predicted molar refractivity (Wildman–Crippen MR) is 99.4 cm³/mol. The van der Waals surface area contributed by atoms with Gasteiger partial charge in [0.2, 0.25) is 15.9 Å². The molecule has 0 aliphatic heterocycles. The monoisotopic (exact) mass is 362 g/mol. The van der Waals surface area contributed by atoms with E-state index in [9.17, 15) is 13.2 Å². The lowest BCUT2D eigenvalue weighted by molar-refractivity contribution is -0.118. The van der Waals surface area contributed by atoms with Crippen LogP contribution >= 0.6 is 0 Å². The lowest BCUT2D eigenvalue weighted by atomic mass is 10.2. The Labute approximate surface area is 148 Å². The van der Waals surface area contributed by atoms with E-state index in [1.807, 2.05) is 19.1 Å². The average molecular weight is 362 g/mol. The second-order valence-corrected chi connectivity index (χ2v) is 7.61. The molecule has 2 rings (SSSR count). The van der Waals surface area contributed by atoms with Gasteiger partial charge in [-0.25, -0.2) is 8.42 Å². The smallest absolute Gasteiger partial charge is 0.233 e. The summed E-state index contributed by atoms with van der Waals surface area (Å²) in [4.78, 5) is 12.3. The molecule has 134 valence electrons. The van der Waals surface area contributed by atoms with Crippen molar-refractivity contribution < 1.29 is 17.9 Å². The fourth-order valence-corrected chi connectivity index (χ4v) is 3.64. The minimum absolute atomic E-state index is 0.318. The number of rotatable bonds is 7. The van der Waals surface area contributed by atoms with Crippen LogP contribution in [0, 0.1) is 12.8 Å². The van der Waals surface area contributed by atoms with E-state index >= 15 is 0 Å². The molecule has 6 nitrogen and oxygen atoms in total. The summed E-state index contributed by atoms with van der Waals surface area (Å²) < 4.78 is 32.2. The van der Waals surface area contributed by atoms with Gasteiger partial charge in [-0.1, -0.05) is 36.8 Å². The molecule has 2 N–H and O–H groups in total. The zero-order valence-corrected chi connectivity index (χ0v) is 15.3. The molecule has 1 amide bonds. The van der Waals surface area contributed by atoms with Crippen molar-refractivity contribution in [1.29, 1.82) is 0 Å². The Hall–Kier alpha value is -2.54. The van der Waals surface area contributed by atoms with Crippen LogP contribution in [0.25, 0.3) is 0 Å². The lowest BCUT2D eigenvalue weighted by Gasteiger charge is -2.15. The minimum atomic E-state index is -3.64. The zero-order valence-electron chi connectivity index (χ0n) is 14.4. The van der Waals surface area contributed by atoms with Crippen LogP contribution in [0.2, 0.25) is 0 Å². The number of aryl methyl sites for hydroxylation is 1. The maximum Gasteiger partial charge on any atom is 0.233 e. The van der Waals surface area contributed by atoms with Gasteiger partial charge in [0, 0.05) is 5.69 Å². The zero-order chi connectivity index (χ0) is 18.4. The molecular weight excluding hydrogens is 340 g/mol. The van der Waals surface area contributed by atoms with Crippen LogP contribution in [0.1, 0.15) is 12.5 Å². The molecule has 0 fully saturated rings. The molecule has 1 unspecified atom stereocenters. The maximum atomic E-state index is 12.3. The van der Waals surface area contributed by atoms with E-state index in [0.717, 1.165) is 5.56 Å². The van der Waals surface area contributed by atoms with Crippen LogP contribution in [0.3, 0.4) is 0 Å². The number of nitrogens with one attached hydrogen (secondary N) is 2. The molecule has 0 aromatic heterocycles. The third-order valence-electron chi connectivity index (χ3n) is 3.61. The van der Waals surface area contributed by atoms with E-state index in [2.05, 4.69) is 10.0 Å². The second-order valence-electron chi connectivity index (χ2n) is 5.84. The van der Waals surface area contributed by atoms with Crippen LogP contribution < -0.4 is 14.8 Å². The lowest BCUT2D eigenvalue weighted by Crippen LogP contribution is -2.30. The Balaban J connectivity index is 2.00. The number of amides is 1. The molecular formula is C18H22N2O4S. The molecule has 25 heavy (non-hydrogen) atoms. The molecule has 0 aliphatic carbocycles. The summed E-state index contributed by atoms with van der Waals surface area (Å²) in [7, 11) is -2.14. The van der Waals surface area contributed by atoms with Crippen molar-refractivity contribution in [1.82, 2.24) is 0 Å². The highest BCUT2D eigenvalue weighted by molar-refractivity contribution is 7.92. The van der Waals surface area contributed by atoms with Crippen molar-refractivity contribution in [3.63, 3.8) is 0 Å². The SMILES string of the molecule is COc1ccccc1NC(=O)C(C)CS(=O)(=O)Nc1ccc(C)cc1. The molecule has 0 saturated carbocycles. The Kier molecular flexibility index (Phi) is 6.03. The quantitative estimate of drug-likeness (QED) is 0.793. The highest BCUT2D eigenvalue weighted by Crippen LogP contribution is 2.23. The highest BCUT2D eigenvalue weighted by Gasteiger charge is 2.22. The molecule has 0 bridgehead atoms. The van der Waals surface area contributed by atoms with Gasteiger partial charge in [0.25, 0.3) is 0 Å². The average Bonchev–Trinajstić information content (AvgIpc) is 2.56. The number of sulfonamides is 1. The number of methoxy groups -OCH3 is 1. The van der Waals surface area contributed by atoms with Crippen molar-refractivity contribution >= 4 is 27.3 Å². The number of hydrogen-bond donors (Lipinski definition) is 2. The van der Waals surface area contributed by atoms with Gasteiger partial charge in [-0.05, 0) is 31.2 Å². The van der Waals surface area contributed by atoms with E-state index in [0.29, 0.717) is 17.1 Å². The Bertz CT molecular complexity index is 832. The standard InChI is InChI=1S/C18H22N2O4S/c1-13-8-10-15(11-9-13)20-25(22,23)12-14(2)18(21)19-16-6-4-5-7-17(16)24-3/h4-11,14,20H,12H2,1-3H3,(H,19,21). The van der Waals surface area contributed by atoms with Crippen LogP contribution in [-0.2, 0) is 14.8 Å². The summed E-state index contributed by atoms with van der Waals surface area (Å²) in [5, 5.41) is 2.70. The molecule has 0 spiro atoms. The third-order valence-corrected chi connectivity index (χ3v) is 5.09.